The minimum absolute atomic E-state index is 0.164. The summed E-state index contributed by atoms with van der Waals surface area (Å²) >= 11 is 1.11. The molecule has 29 heavy (non-hydrogen) atoms. The van der Waals surface area contributed by atoms with Gasteiger partial charge >= 0.3 is 0 Å². The number of anilines is 4. The summed E-state index contributed by atoms with van der Waals surface area (Å²) in [6.07, 6.45) is 3.39. The Bertz CT molecular complexity index is 1180. The molecule has 0 spiro atoms. The molecule has 0 bridgehead atoms. The molecular formula is C18H15BrN7O2S-. The number of aromatic nitrogens is 4. The summed E-state index contributed by atoms with van der Waals surface area (Å²) in [5.41, 5.74) is 3.23. The number of halogens is 1. The Morgan fingerprint density at radius 1 is 1.14 bits per heavy atom. The molecule has 4 N–H and O–H groups in total. The van der Waals surface area contributed by atoms with Gasteiger partial charge in [-0.25, -0.2) is 9.71 Å². The van der Waals surface area contributed by atoms with Crippen molar-refractivity contribution in [1.29, 1.82) is 0 Å². The van der Waals surface area contributed by atoms with Gasteiger partial charge in [-0.2, -0.15) is 10.1 Å². The molecule has 0 aliphatic heterocycles. The van der Waals surface area contributed by atoms with Gasteiger partial charge in [-0.3, -0.25) is 9.31 Å². The normalized spacial score (nSPS) is 12.1. The number of rotatable bonds is 7. The van der Waals surface area contributed by atoms with Crippen LogP contribution in [0.1, 0.15) is 5.56 Å². The van der Waals surface area contributed by atoms with Crippen molar-refractivity contribution in [3.8, 4) is 0 Å². The van der Waals surface area contributed by atoms with Crippen molar-refractivity contribution in [3.63, 3.8) is 0 Å². The molecule has 2 aromatic carbocycles. The highest BCUT2D eigenvalue weighted by Crippen LogP contribution is 2.27. The first-order valence-electron chi connectivity index (χ1n) is 8.49. The molecule has 0 saturated carbocycles. The van der Waals surface area contributed by atoms with Crippen molar-refractivity contribution in [2.45, 2.75) is 6.54 Å². The molecule has 4 aromatic rings. The Balaban J connectivity index is 1.56. The van der Waals surface area contributed by atoms with Crippen LogP contribution in [-0.4, -0.2) is 28.9 Å². The summed E-state index contributed by atoms with van der Waals surface area (Å²) in [5, 5.41) is 14.3. The van der Waals surface area contributed by atoms with E-state index in [-0.39, 0.29) is 6.54 Å². The van der Waals surface area contributed by atoms with Gasteiger partial charge in [-0.15, -0.1) is 0 Å². The molecule has 1 atom stereocenters. The SMILES string of the molecule is O=S([O-])NCc1ccccc1Nc1nc(Nc2ccc3cn[nH]c3c2)ncc1Br. The van der Waals surface area contributed by atoms with Crippen LogP contribution in [0.25, 0.3) is 10.9 Å². The van der Waals surface area contributed by atoms with E-state index >= 15 is 0 Å². The van der Waals surface area contributed by atoms with E-state index in [2.05, 4.69) is 51.5 Å². The van der Waals surface area contributed by atoms with E-state index in [0.717, 1.165) is 27.8 Å². The lowest BCUT2D eigenvalue weighted by molar-refractivity contribution is 0.522. The van der Waals surface area contributed by atoms with E-state index in [0.29, 0.717) is 16.2 Å². The fraction of sp³-hybridized carbons (Fsp3) is 0.0556. The molecule has 0 aliphatic rings. The number of aromatic amines is 1. The highest BCUT2D eigenvalue weighted by atomic mass is 79.9. The molecule has 0 amide bonds. The fourth-order valence-corrected chi connectivity index (χ4v) is 3.28. The number of para-hydroxylation sites is 1. The van der Waals surface area contributed by atoms with Crippen LogP contribution in [0.15, 0.2) is 59.3 Å². The Morgan fingerprint density at radius 2 is 2.00 bits per heavy atom. The summed E-state index contributed by atoms with van der Waals surface area (Å²) in [6, 6.07) is 13.2. The number of fused-ring (bicyclic) bond motifs is 1. The summed E-state index contributed by atoms with van der Waals surface area (Å²) in [7, 11) is 0. The third kappa shape index (κ3) is 4.77. The Kier molecular flexibility index (Phi) is 5.81. The molecule has 0 radical (unpaired) electrons. The molecule has 11 heteroatoms. The Labute approximate surface area is 176 Å². The highest BCUT2D eigenvalue weighted by Gasteiger charge is 2.09. The van der Waals surface area contributed by atoms with Gasteiger partial charge in [-0.1, -0.05) is 18.2 Å². The summed E-state index contributed by atoms with van der Waals surface area (Å²) in [5.74, 6) is 0.951. The summed E-state index contributed by atoms with van der Waals surface area (Å²) in [6.45, 7) is 0.164. The topological polar surface area (TPSA) is 131 Å². The van der Waals surface area contributed by atoms with Crippen LogP contribution in [0.3, 0.4) is 0 Å². The van der Waals surface area contributed by atoms with Gasteiger partial charge in [0.1, 0.15) is 5.82 Å². The number of hydrogen-bond donors (Lipinski definition) is 4. The van der Waals surface area contributed by atoms with Crippen LogP contribution in [0, 0.1) is 0 Å². The van der Waals surface area contributed by atoms with E-state index in [1.54, 1.807) is 12.4 Å². The van der Waals surface area contributed by atoms with E-state index < -0.39 is 11.3 Å². The molecule has 0 fully saturated rings. The van der Waals surface area contributed by atoms with E-state index in [9.17, 15) is 8.76 Å². The standard InChI is InChI=1S/C18H16BrN7O2S/c19-14-10-20-18(23-13-6-5-12-8-21-26-16(12)7-13)25-17(14)24-15-4-2-1-3-11(15)9-22-29(27)28/h1-8,10,22H,9H2,(H,21,26)(H,27,28)(H2,20,23,24,25)/p-1. The lowest BCUT2D eigenvalue weighted by Gasteiger charge is -2.14. The first-order valence-corrected chi connectivity index (χ1v) is 10.4. The largest absolute Gasteiger partial charge is 0.760 e. The van der Waals surface area contributed by atoms with E-state index in [1.165, 1.54) is 0 Å². The Morgan fingerprint density at radius 3 is 2.86 bits per heavy atom. The maximum Gasteiger partial charge on any atom is 0.229 e. The van der Waals surface area contributed by atoms with Crippen molar-refractivity contribution >= 4 is 61.2 Å². The van der Waals surface area contributed by atoms with Crippen molar-refractivity contribution in [3.05, 3.63) is 64.9 Å². The van der Waals surface area contributed by atoms with E-state index in [1.807, 2.05) is 42.5 Å². The smallest absolute Gasteiger partial charge is 0.229 e. The number of hydrogen-bond acceptors (Lipinski definition) is 7. The molecule has 4 rings (SSSR count). The number of benzene rings is 2. The second-order valence-electron chi connectivity index (χ2n) is 6.03. The second-order valence-corrected chi connectivity index (χ2v) is 7.64. The van der Waals surface area contributed by atoms with Crippen LogP contribution in [-0.2, 0) is 17.8 Å². The van der Waals surface area contributed by atoms with Gasteiger partial charge in [-0.05, 0) is 45.8 Å². The number of nitrogens with zero attached hydrogens (tertiary/aromatic N) is 3. The molecular weight excluding hydrogens is 458 g/mol. The number of nitrogens with one attached hydrogen (secondary N) is 4. The third-order valence-electron chi connectivity index (χ3n) is 4.09. The maximum absolute atomic E-state index is 10.8. The molecule has 0 aliphatic carbocycles. The van der Waals surface area contributed by atoms with Crippen LogP contribution >= 0.6 is 15.9 Å². The van der Waals surface area contributed by atoms with Crippen LogP contribution < -0.4 is 15.4 Å². The first kappa shape index (κ1) is 19.5. The van der Waals surface area contributed by atoms with Gasteiger partial charge in [0.25, 0.3) is 0 Å². The zero-order valence-corrected chi connectivity index (χ0v) is 17.3. The monoisotopic (exact) mass is 472 g/mol. The van der Waals surface area contributed by atoms with Crippen LogP contribution in [0.5, 0.6) is 0 Å². The predicted molar refractivity (Wildman–Crippen MR) is 115 cm³/mol. The average Bonchev–Trinajstić information content (AvgIpc) is 3.17. The minimum Gasteiger partial charge on any atom is -0.760 e. The fourth-order valence-electron chi connectivity index (χ4n) is 2.72. The first-order chi connectivity index (χ1) is 14.1. The van der Waals surface area contributed by atoms with Gasteiger partial charge in [0, 0.05) is 40.8 Å². The second kappa shape index (κ2) is 8.66. The molecule has 2 heterocycles. The number of H-pyrrole nitrogens is 1. The average molecular weight is 473 g/mol. The van der Waals surface area contributed by atoms with Gasteiger partial charge in [0.15, 0.2) is 0 Å². The zero-order chi connectivity index (χ0) is 20.2. The van der Waals surface area contributed by atoms with Crippen LogP contribution in [0.2, 0.25) is 0 Å². The summed E-state index contributed by atoms with van der Waals surface area (Å²) in [4.78, 5) is 8.82. The molecule has 2 aromatic heterocycles. The van der Waals surface area contributed by atoms with Gasteiger partial charge < -0.3 is 15.2 Å². The lowest BCUT2D eigenvalue weighted by atomic mass is 10.2. The van der Waals surface area contributed by atoms with Gasteiger partial charge in [0.2, 0.25) is 5.95 Å². The predicted octanol–water partition coefficient (Wildman–Crippen LogP) is 3.49. The van der Waals surface area contributed by atoms with Crippen LogP contribution in [0.4, 0.5) is 23.1 Å². The Hall–Kier alpha value is -2.86. The molecule has 9 nitrogen and oxygen atoms in total. The van der Waals surface area contributed by atoms with Gasteiger partial charge in [0.05, 0.1) is 16.2 Å². The minimum atomic E-state index is -2.34. The van der Waals surface area contributed by atoms with Crippen molar-refractivity contribution in [2.24, 2.45) is 0 Å². The van der Waals surface area contributed by atoms with Crippen molar-refractivity contribution < 1.29 is 8.76 Å². The van der Waals surface area contributed by atoms with Crippen molar-refractivity contribution in [1.82, 2.24) is 24.9 Å². The molecule has 0 saturated heterocycles. The molecule has 1 unspecified atom stereocenters. The maximum atomic E-state index is 10.8. The van der Waals surface area contributed by atoms with Crippen molar-refractivity contribution in [2.75, 3.05) is 10.6 Å². The highest BCUT2D eigenvalue weighted by molar-refractivity contribution is 9.10. The molecule has 148 valence electrons. The third-order valence-corrected chi connectivity index (χ3v) is 5.05. The quantitative estimate of drug-likeness (QED) is 0.302. The zero-order valence-electron chi connectivity index (χ0n) is 14.8. The van der Waals surface area contributed by atoms with E-state index in [4.69, 9.17) is 0 Å². The lowest BCUT2D eigenvalue weighted by Crippen LogP contribution is -2.16. The summed E-state index contributed by atoms with van der Waals surface area (Å²) < 4.78 is 24.6.